The van der Waals surface area contributed by atoms with Gasteiger partial charge in [0.25, 0.3) is 0 Å². The van der Waals surface area contributed by atoms with Crippen molar-refractivity contribution in [2.75, 3.05) is 0 Å². The predicted molar refractivity (Wildman–Crippen MR) is 57.7 cm³/mol. The summed E-state index contributed by atoms with van der Waals surface area (Å²) in [5.74, 6) is 0. The third-order valence-electron chi connectivity index (χ3n) is 1.80. The van der Waals surface area contributed by atoms with Crippen LogP contribution in [0.25, 0.3) is 11.3 Å². The summed E-state index contributed by atoms with van der Waals surface area (Å²) in [6, 6.07) is 3.91. The first-order chi connectivity index (χ1) is 6.75. The maximum absolute atomic E-state index is 4.17. The second-order valence-corrected chi connectivity index (χ2v) is 3.79. The van der Waals surface area contributed by atoms with Gasteiger partial charge in [-0.1, -0.05) is 0 Å². The van der Waals surface area contributed by atoms with E-state index in [1.165, 1.54) is 6.33 Å². The molecule has 0 amide bonds. The molecule has 4 heteroatoms. The normalized spacial score (nSPS) is 10.1. The van der Waals surface area contributed by atoms with E-state index < -0.39 is 0 Å². The summed E-state index contributed by atoms with van der Waals surface area (Å²) in [6.45, 7) is 2.01. The van der Waals surface area contributed by atoms with Gasteiger partial charge in [-0.25, -0.2) is 9.97 Å². The van der Waals surface area contributed by atoms with Crippen LogP contribution >= 0.6 is 15.9 Å². The topological polar surface area (TPSA) is 38.7 Å². The fourth-order valence-corrected chi connectivity index (χ4v) is 1.49. The Hall–Kier alpha value is -1.29. The van der Waals surface area contributed by atoms with Crippen LogP contribution in [0.1, 0.15) is 5.56 Å². The molecule has 0 aliphatic carbocycles. The lowest BCUT2D eigenvalue weighted by Gasteiger charge is -2.00. The Kier molecular flexibility index (Phi) is 2.54. The van der Waals surface area contributed by atoms with E-state index >= 15 is 0 Å². The molecule has 0 unspecified atom stereocenters. The maximum Gasteiger partial charge on any atom is 0.117 e. The van der Waals surface area contributed by atoms with E-state index in [4.69, 9.17) is 0 Å². The van der Waals surface area contributed by atoms with Crippen molar-refractivity contribution in [2.24, 2.45) is 0 Å². The van der Waals surface area contributed by atoms with Crippen molar-refractivity contribution < 1.29 is 0 Å². The summed E-state index contributed by atoms with van der Waals surface area (Å²) in [5, 5.41) is 0. The van der Waals surface area contributed by atoms with Gasteiger partial charge in [-0.2, -0.15) is 0 Å². The fraction of sp³-hybridized carbons (Fsp3) is 0.100. The van der Waals surface area contributed by atoms with E-state index in [0.717, 1.165) is 21.4 Å². The predicted octanol–water partition coefficient (Wildman–Crippen LogP) is 2.61. The van der Waals surface area contributed by atoms with Crippen molar-refractivity contribution in [3.63, 3.8) is 0 Å². The lowest BCUT2D eigenvalue weighted by atomic mass is 10.1. The summed E-state index contributed by atoms with van der Waals surface area (Å²) in [5.41, 5.74) is 3.01. The molecule has 0 aliphatic rings. The summed E-state index contributed by atoms with van der Waals surface area (Å²) < 4.78 is 0.781. The van der Waals surface area contributed by atoms with Crippen molar-refractivity contribution in [3.8, 4) is 11.3 Å². The lowest BCUT2D eigenvalue weighted by molar-refractivity contribution is 1.14. The monoisotopic (exact) mass is 249 g/mol. The van der Waals surface area contributed by atoms with Crippen LogP contribution in [0.5, 0.6) is 0 Å². The Balaban J connectivity index is 2.49. The van der Waals surface area contributed by atoms with E-state index in [2.05, 4.69) is 30.9 Å². The van der Waals surface area contributed by atoms with Crippen LogP contribution in [0.15, 0.2) is 35.5 Å². The van der Waals surface area contributed by atoms with E-state index in [1.807, 2.05) is 25.3 Å². The first-order valence-corrected chi connectivity index (χ1v) is 4.94. The number of pyridine rings is 1. The van der Waals surface area contributed by atoms with Crippen LogP contribution in [0.2, 0.25) is 0 Å². The molecule has 14 heavy (non-hydrogen) atoms. The number of nitrogens with zero attached hydrogens (tertiary/aromatic N) is 3. The summed E-state index contributed by atoms with van der Waals surface area (Å²) in [6.07, 6.45) is 5.14. The number of hydrogen-bond acceptors (Lipinski definition) is 3. The minimum atomic E-state index is 0.781. The SMILES string of the molecule is Cc1cncc(-c2cc(Br)ncn2)c1. The van der Waals surface area contributed by atoms with Crippen LogP contribution < -0.4 is 0 Å². The maximum atomic E-state index is 4.17. The fourth-order valence-electron chi connectivity index (χ4n) is 1.19. The number of aromatic nitrogens is 3. The van der Waals surface area contributed by atoms with E-state index in [9.17, 15) is 0 Å². The Labute approximate surface area is 90.4 Å². The van der Waals surface area contributed by atoms with E-state index in [0.29, 0.717) is 0 Å². The zero-order valence-corrected chi connectivity index (χ0v) is 9.19. The van der Waals surface area contributed by atoms with Crippen molar-refractivity contribution in [2.45, 2.75) is 6.92 Å². The molecule has 2 aromatic rings. The van der Waals surface area contributed by atoms with Crippen LogP contribution in [0, 0.1) is 6.92 Å². The first kappa shape index (κ1) is 9.27. The molecule has 0 aliphatic heterocycles. The minimum Gasteiger partial charge on any atom is -0.264 e. The van der Waals surface area contributed by atoms with Crippen molar-refractivity contribution in [1.82, 2.24) is 15.0 Å². The van der Waals surface area contributed by atoms with Crippen LogP contribution in [-0.4, -0.2) is 15.0 Å². The smallest absolute Gasteiger partial charge is 0.117 e. The van der Waals surface area contributed by atoms with Gasteiger partial charge >= 0.3 is 0 Å². The number of hydrogen-bond donors (Lipinski definition) is 0. The van der Waals surface area contributed by atoms with Gasteiger partial charge in [0.2, 0.25) is 0 Å². The Morgan fingerprint density at radius 3 is 2.71 bits per heavy atom. The standard InChI is InChI=1S/C10H8BrN3/c1-7-2-8(5-12-4-7)9-3-10(11)14-6-13-9/h2-6H,1H3. The van der Waals surface area contributed by atoms with E-state index in [1.54, 1.807) is 6.20 Å². The third-order valence-corrected chi connectivity index (χ3v) is 2.24. The second kappa shape index (κ2) is 3.84. The average molecular weight is 250 g/mol. The summed E-state index contributed by atoms with van der Waals surface area (Å²) in [7, 11) is 0. The molecule has 0 atom stereocenters. The Morgan fingerprint density at radius 2 is 2.00 bits per heavy atom. The average Bonchev–Trinajstić information content (AvgIpc) is 2.18. The highest BCUT2D eigenvalue weighted by molar-refractivity contribution is 9.10. The molecule has 2 aromatic heterocycles. The zero-order valence-electron chi connectivity index (χ0n) is 7.61. The van der Waals surface area contributed by atoms with Gasteiger partial charge in [0.15, 0.2) is 0 Å². The molecule has 2 heterocycles. The van der Waals surface area contributed by atoms with Crippen LogP contribution in [0.4, 0.5) is 0 Å². The number of aryl methyl sites for hydroxylation is 1. The third kappa shape index (κ3) is 1.96. The second-order valence-electron chi connectivity index (χ2n) is 2.98. The molecular weight excluding hydrogens is 242 g/mol. The molecule has 2 rings (SSSR count). The first-order valence-electron chi connectivity index (χ1n) is 4.15. The molecule has 0 saturated carbocycles. The summed E-state index contributed by atoms with van der Waals surface area (Å²) in [4.78, 5) is 12.3. The van der Waals surface area contributed by atoms with Crippen LogP contribution in [-0.2, 0) is 0 Å². The quantitative estimate of drug-likeness (QED) is 0.730. The number of halogens is 1. The van der Waals surface area contributed by atoms with Crippen LogP contribution in [0.3, 0.4) is 0 Å². The molecule has 0 aromatic carbocycles. The highest BCUT2D eigenvalue weighted by atomic mass is 79.9. The van der Waals surface area contributed by atoms with Gasteiger partial charge in [-0.3, -0.25) is 4.98 Å². The largest absolute Gasteiger partial charge is 0.264 e. The van der Waals surface area contributed by atoms with Gasteiger partial charge in [-0.15, -0.1) is 0 Å². The molecule has 0 bridgehead atoms. The minimum absolute atomic E-state index is 0.781. The Bertz CT molecular complexity index is 413. The van der Waals surface area contributed by atoms with Gasteiger partial charge in [0.05, 0.1) is 5.69 Å². The van der Waals surface area contributed by atoms with E-state index in [-0.39, 0.29) is 0 Å². The molecule has 0 spiro atoms. The van der Waals surface area contributed by atoms with Crippen molar-refractivity contribution in [1.29, 1.82) is 0 Å². The van der Waals surface area contributed by atoms with Crippen molar-refractivity contribution >= 4 is 15.9 Å². The van der Waals surface area contributed by atoms with Gasteiger partial charge in [-0.05, 0) is 40.5 Å². The molecule has 0 saturated heterocycles. The molecule has 70 valence electrons. The van der Waals surface area contributed by atoms with Gasteiger partial charge < -0.3 is 0 Å². The highest BCUT2D eigenvalue weighted by Crippen LogP contribution is 2.18. The Morgan fingerprint density at radius 1 is 1.14 bits per heavy atom. The van der Waals surface area contributed by atoms with Crippen molar-refractivity contribution in [3.05, 3.63) is 41.0 Å². The highest BCUT2D eigenvalue weighted by Gasteiger charge is 2.00. The molecule has 0 N–H and O–H groups in total. The molecule has 0 radical (unpaired) electrons. The molecule has 3 nitrogen and oxygen atoms in total. The molecule has 0 fully saturated rings. The van der Waals surface area contributed by atoms with Gasteiger partial charge in [0.1, 0.15) is 10.9 Å². The molecular formula is C10H8BrN3. The zero-order chi connectivity index (χ0) is 9.97. The number of rotatable bonds is 1. The van der Waals surface area contributed by atoms with Gasteiger partial charge in [0, 0.05) is 18.0 Å². The lowest BCUT2D eigenvalue weighted by Crippen LogP contribution is -1.87. The summed E-state index contributed by atoms with van der Waals surface area (Å²) >= 11 is 3.31.